The monoisotopic (exact) mass is 892 g/mol. The van der Waals surface area contributed by atoms with Crippen LogP contribution < -0.4 is 40.8 Å². The molecule has 0 unspecified atom stereocenters. The topological polar surface area (TPSA) is 101 Å². The number of hydrogen-bond donors (Lipinski definition) is 4. The van der Waals surface area contributed by atoms with Crippen molar-refractivity contribution in [3.8, 4) is 0 Å². The second kappa shape index (κ2) is 19.7. The Balaban J connectivity index is 0.000000467. The van der Waals surface area contributed by atoms with Crippen molar-refractivity contribution in [2.75, 3.05) is 19.3 Å². The Hall–Kier alpha value is -1.21. The van der Waals surface area contributed by atoms with Gasteiger partial charge in [-0.3, -0.25) is 4.79 Å². The average Bonchev–Trinajstić information content (AvgIpc) is 3.00. The van der Waals surface area contributed by atoms with E-state index in [2.05, 4.69) is 71.9 Å². The minimum absolute atomic E-state index is 0. The van der Waals surface area contributed by atoms with E-state index in [9.17, 15) is 9.90 Å². The van der Waals surface area contributed by atoms with Gasteiger partial charge >= 0.3 is 0 Å². The maximum atomic E-state index is 12.9. The molecule has 0 spiro atoms. The van der Waals surface area contributed by atoms with Gasteiger partial charge < -0.3 is 50.4 Å². The van der Waals surface area contributed by atoms with Crippen LogP contribution in [0.2, 0.25) is 0 Å². The first kappa shape index (κ1) is 42.8. The number of aliphatic hydroxyl groups is 1. The van der Waals surface area contributed by atoms with Gasteiger partial charge in [-0.2, -0.15) is 0 Å². The molecule has 256 valence electrons. The molecule has 1 aliphatic rings. The van der Waals surface area contributed by atoms with Crippen LogP contribution in [-0.4, -0.2) is 53.3 Å². The van der Waals surface area contributed by atoms with Crippen molar-refractivity contribution in [1.29, 1.82) is 0 Å². The lowest BCUT2D eigenvalue weighted by Gasteiger charge is -2.45. The molecule has 6 N–H and O–H groups in total. The van der Waals surface area contributed by atoms with E-state index in [-0.39, 0.29) is 48.4 Å². The summed E-state index contributed by atoms with van der Waals surface area (Å²) in [5.41, 5.74) is 15.1. The molecule has 1 amide bonds. The van der Waals surface area contributed by atoms with Crippen LogP contribution in [0, 0.1) is 0 Å². The van der Waals surface area contributed by atoms with Crippen molar-refractivity contribution in [3.63, 3.8) is 0 Å². The van der Waals surface area contributed by atoms with Crippen molar-refractivity contribution in [2.24, 2.45) is 5.73 Å². The molecule has 0 aromatic heterocycles. The van der Waals surface area contributed by atoms with Crippen LogP contribution in [0.1, 0.15) is 76.5 Å². The summed E-state index contributed by atoms with van der Waals surface area (Å²) in [6.07, 6.45) is 4.45. The molecule has 0 radical (unpaired) electrons. The van der Waals surface area contributed by atoms with Gasteiger partial charge in [0.05, 0.1) is 37.5 Å². The molecular formula is C36H52Br2ClIN4O2. The molecular weight excluding hydrogens is 843 g/mol. The van der Waals surface area contributed by atoms with E-state index in [1.807, 2.05) is 72.8 Å². The maximum absolute atomic E-state index is 12.9. The zero-order valence-corrected chi connectivity index (χ0v) is 33.8. The molecule has 1 aliphatic carbocycles. The third-order valence-electron chi connectivity index (χ3n) is 9.74. The third-order valence-corrected chi connectivity index (χ3v) is 10.9. The van der Waals surface area contributed by atoms with Crippen molar-refractivity contribution in [2.45, 2.75) is 96.0 Å². The second-order valence-corrected chi connectivity index (χ2v) is 14.6. The van der Waals surface area contributed by atoms with Crippen LogP contribution >= 0.6 is 44.3 Å². The van der Waals surface area contributed by atoms with E-state index in [1.165, 1.54) is 0 Å². The summed E-state index contributed by atoms with van der Waals surface area (Å²) in [4.78, 5) is 12.9. The molecule has 46 heavy (non-hydrogen) atoms. The van der Waals surface area contributed by atoms with Crippen molar-refractivity contribution in [3.05, 3.63) is 98.4 Å². The lowest BCUT2D eigenvalue weighted by molar-refractivity contribution is -0.949. The Kier molecular flexibility index (Phi) is 18.3. The predicted molar refractivity (Wildman–Crippen MR) is 197 cm³/mol. The normalized spacial score (nSPS) is 16.6. The van der Waals surface area contributed by atoms with Crippen molar-refractivity contribution in [1.82, 2.24) is 5.32 Å². The molecule has 0 heterocycles. The Morgan fingerprint density at radius 1 is 0.935 bits per heavy atom. The molecule has 1 fully saturated rings. The van der Waals surface area contributed by atoms with E-state index in [4.69, 9.17) is 11.5 Å². The number of amides is 1. The highest BCUT2D eigenvalue weighted by atomic mass is 127. The number of benzene rings is 3. The largest absolute Gasteiger partial charge is 1.00 e. The summed E-state index contributed by atoms with van der Waals surface area (Å²) in [7, 11) is 2.27. The number of nitrogens with one attached hydrogen (secondary N) is 1. The highest BCUT2D eigenvalue weighted by Crippen LogP contribution is 2.37. The van der Waals surface area contributed by atoms with E-state index in [1.54, 1.807) is 0 Å². The van der Waals surface area contributed by atoms with E-state index in [0.717, 1.165) is 74.6 Å². The van der Waals surface area contributed by atoms with Gasteiger partial charge in [-0.15, -0.1) is 12.4 Å². The molecule has 1 saturated carbocycles. The van der Waals surface area contributed by atoms with Crippen LogP contribution in [-0.2, 0) is 16.8 Å². The SMILES string of the molecule is CC(C)[N+](C)(CCC(C(N)=O)(c1ccccc1)c1ccccc1)C(C)C.Cl.Nc1c(Br)cc(Br)cc1CNC1CCC(O)CC1.[I-]. The Morgan fingerprint density at radius 3 is 1.85 bits per heavy atom. The first-order valence-corrected chi connectivity index (χ1v) is 17.3. The van der Waals surface area contributed by atoms with E-state index < -0.39 is 5.41 Å². The Morgan fingerprint density at radius 2 is 1.41 bits per heavy atom. The maximum Gasteiger partial charge on any atom is 0.232 e. The van der Waals surface area contributed by atoms with Gasteiger partial charge in [0.25, 0.3) is 0 Å². The van der Waals surface area contributed by atoms with Crippen LogP contribution in [0.3, 0.4) is 0 Å². The lowest BCUT2D eigenvalue weighted by Crippen LogP contribution is -3.00. The van der Waals surface area contributed by atoms with Gasteiger partial charge in [0.15, 0.2) is 0 Å². The first-order valence-electron chi connectivity index (χ1n) is 15.7. The number of carbonyl (C=O) groups excluding carboxylic acids is 1. The molecule has 4 rings (SSSR count). The lowest BCUT2D eigenvalue weighted by atomic mass is 9.71. The first-order chi connectivity index (χ1) is 20.8. The van der Waals surface area contributed by atoms with Gasteiger partial charge in [0, 0.05) is 28.0 Å². The molecule has 0 bridgehead atoms. The van der Waals surface area contributed by atoms with Gasteiger partial charge in [-0.25, -0.2) is 0 Å². The van der Waals surface area contributed by atoms with E-state index in [0.29, 0.717) is 24.5 Å². The van der Waals surface area contributed by atoms with Crippen LogP contribution in [0.4, 0.5) is 5.69 Å². The summed E-state index contributed by atoms with van der Waals surface area (Å²) in [5, 5.41) is 13.0. The molecule has 0 atom stereocenters. The van der Waals surface area contributed by atoms with Gasteiger partial charge in [-0.05, 0) is 98.1 Å². The third kappa shape index (κ3) is 10.9. The molecule has 3 aromatic carbocycles. The predicted octanol–water partition coefficient (Wildman–Crippen LogP) is 4.72. The number of nitrogens with two attached hydrogens (primary N) is 2. The fourth-order valence-electron chi connectivity index (χ4n) is 6.15. The highest BCUT2D eigenvalue weighted by Gasteiger charge is 2.43. The fraction of sp³-hybridized carbons (Fsp3) is 0.472. The van der Waals surface area contributed by atoms with Crippen LogP contribution in [0.15, 0.2) is 81.7 Å². The molecule has 10 heteroatoms. The zero-order valence-electron chi connectivity index (χ0n) is 27.7. The number of halogens is 4. The highest BCUT2D eigenvalue weighted by molar-refractivity contribution is 9.11. The van der Waals surface area contributed by atoms with Gasteiger partial charge in [0.2, 0.25) is 5.91 Å². The van der Waals surface area contributed by atoms with Crippen LogP contribution in [0.25, 0.3) is 0 Å². The number of rotatable bonds is 11. The summed E-state index contributed by atoms with van der Waals surface area (Å²) < 4.78 is 2.85. The minimum Gasteiger partial charge on any atom is -1.00 e. The zero-order chi connectivity index (χ0) is 32.5. The molecule has 0 aliphatic heterocycles. The van der Waals surface area contributed by atoms with E-state index >= 15 is 0 Å². The molecule has 3 aromatic rings. The van der Waals surface area contributed by atoms with Crippen molar-refractivity contribution < 1.29 is 38.4 Å². The fourth-order valence-corrected chi connectivity index (χ4v) is 7.46. The molecule has 0 saturated heterocycles. The van der Waals surface area contributed by atoms with Gasteiger partial charge in [-0.1, -0.05) is 76.6 Å². The number of nitrogens with zero attached hydrogens (tertiary/aromatic N) is 1. The number of anilines is 1. The Labute approximate surface area is 316 Å². The number of nitrogen functional groups attached to an aromatic ring is 1. The van der Waals surface area contributed by atoms with Crippen molar-refractivity contribution >= 4 is 55.9 Å². The van der Waals surface area contributed by atoms with Crippen LogP contribution in [0.5, 0.6) is 0 Å². The smallest absolute Gasteiger partial charge is 0.232 e. The number of aliphatic hydroxyl groups excluding tert-OH is 1. The summed E-state index contributed by atoms with van der Waals surface area (Å²) in [5.74, 6) is -0.283. The number of quaternary nitrogens is 1. The van der Waals surface area contributed by atoms with Gasteiger partial charge in [0.1, 0.15) is 5.41 Å². The number of carbonyl (C=O) groups is 1. The summed E-state index contributed by atoms with van der Waals surface area (Å²) >= 11 is 6.93. The standard InChI is InChI=1S/C23H32N2O.C13H18Br2N2O.ClH.HI/c1-18(2)25(5,19(3)4)17-16-23(22(24)26,20-12-8-6-9-13-20)21-14-10-7-11-15-21;14-9-5-8(13(16)12(15)6-9)7-17-10-1-3-11(18)4-2-10;;/h6-15,18-19H,16-17H2,1-5H3,(H-,24,26);5-6,10-11,17-18H,1-4,7,16H2;2*1H. The Bertz CT molecular complexity index is 1290. The minimum atomic E-state index is -0.814. The summed E-state index contributed by atoms with van der Waals surface area (Å²) in [6.45, 7) is 10.6. The molecule has 6 nitrogen and oxygen atoms in total. The average molecular weight is 895 g/mol. The quantitative estimate of drug-likeness (QED) is 0.127. The summed E-state index contributed by atoms with van der Waals surface area (Å²) in [6, 6.07) is 25.4. The number of hydrogen-bond acceptors (Lipinski definition) is 4. The number of primary amides is 1. The second-order valence-electron chi connectivity index (χ2n) is 12.9.